The average Bonchev–Trinajstić information content (AvgIpc) is 2.93. The minimum atomic E-state index is -0.143. The van der Waals surface area contributed by atoms with E-state index >= 15 is 0 Å². The maximum Gasteiger partial charge on any atom is 0.231 e. The molecule has 1 aromatic carbocycles. The van der Waals surface area contributed by atoms with E-state index in [9.17, 15) is 4.79 Å². The molecule has 3 nitrogen and oxygen atoms in total. The fraction of sp³-hybridized carbons (Fsp3) is 0.133. The molecule has 0 bridgehead atoms. The van der Waals surface area contributed by atoms with Gasteiger partial charge in [0.25, 0.3) is 0 Å². The highest BCUT2D eigenvalue weighted by molar-refractivity contribution is 6.09. The van der Waals surface area contributed by atoms with Gasteiger partial charge < -0.3 is 8.83 Å². The molecule has 0 amide bonds. The molecule has 0 saturated carbocycles. The number of hydrogen-bond acceptors (Lipinski definition) is 3. The Morgan fingerprint density at radius 3 is 2.67 bits per heavy atom. The molecule has 90 valence electrons. The number of rotatable bonds is 2. The lowest BCUT2D eigenvalue weighted by atomic mass is 10.1. The normalized spacial score (nSPS) is 11.0. The van der Waals surface area contributed by atoms with Crippen molar-refractivity contribution in [3.63, 3.8) is 0 Å². The Labute approximate surface area is 104 Å². The topological polar surface area (TPSA) is 43.4 Å². The summed E-state index contributed by atoms with van der Waals surface area (Å²) < 4.78 is 10.7. The summed E-state index contributed by atoms with van der Waals surface area (Å²) in [6.45, 7) is 3.77. The zero-order valence-corrected chi connectivity index (χ0v) is 10.2. The molecule has 0 N–H and O–H groups in total. The number of aryl methyl sites for hydroxylation is 2. The third-order valence-electron chi connectivity index (χ3n) is 3.00. The van der Waals surface area contributed by atoms with E-state index in [1.165, 1.54) is 6.26 Å². The van der Waals surface area contributed by atoms with Crippen molar-refractivity contribution in [3.05, 3.63) is 59.2 Å². The largest absolute Gasteiger partial charge is 0.469 e. The Morgan fingerprint density at radius 2 is 1.94 bits per heavy atom. The van der Waals surface area contributed by atoms with E-state index < -0.39 is 0 Å². The molecule has 0 aliphatic heterocycles. The Bertz CT molecular complexity index is 731. The minimum absolute atomic E-state index is 0.143. The van der Waals surface area contributed by atoms with E-state index in [2.05, 4.69) is 0 Å². The summed E-state index contributed by atoms with van der Waals surface area (Å²) in [4.78, 5) is 12.2. The molecule has 18 heavy (non-hydrogen) atoms. The first-order chi connectivity index (χ1) is 8.65. The fourth-order valence-corrected chi connectivity index (χ4v) is 2.03. The van der Waals surface area contributed by atoms with E-state index in [4.69, 9.17) is 8.83 Å². The SMILES string of the molecule is Cc1ccc2oc(C(=O)c3ccoc3C)cc2c1. The molecule has 3 heteroatoms. The summed E-state index contributed by atoms with van der Waals surface area (Å²) in [7, 11) is 0. The molecule has 2 heterocycles. The van der Waals surface area contributed by atoms with Gasteiger partial charge in [0.2, 0.25) is 5.78 Å². The lowest BCUT2D eigenvalue weighted by Gasteiger charge is -1.93. The lowest BCUT2D eigenvalue weighted by molar-refractivity contribution is 0.101. The molecule has 3 rings (SSSR count). The van der Waals surface area contributed by atoms with E-state index in [1.54, 1.807) is 19.1 Å². The first kappa shape index (κ1) is 10.8. The quantitative estimate of drug-likeness (QED) is 0.638. The van der Waals surface area contributed by atoms with Gasteiger partial charge in [-0.15, -0.1) is 0 Å². The number of carbonyl (C=O) groups is 1. The van der Waals surface area contributed by atoms with Gasteiger partial charge in [-0.3, -0.25) is 4.79 Å². The van der Waals surface area contributed by atoms with Gasteiger partial charge in [0.15, 0.2) is 5.76 Å². The molecule has 0 spiro atoms. The van der Waals surface area contributed by atoms with Crippen LogP contribution in [-0.4, -0.2) is 5.78 Å². The molecule has 0 atom stereocenters. The Kier molecular flexibility index (Phi) is 2.33. The van der Waals surface area contributed by atoms with Gasteiger partial charge >= 0.3 is 0 Å². The van der Waals surface area contributed by atoms with Gasteiger partial charge in [-0.05, 0) is 38.1 Å². The van der Waals surface area contributed by atoms with E-state index in [1.807, 2.05) is 25.1 Å². The van der Waals surface area contributed by atoms with Crippen LogP contribution in [0.4, 0.5) is 0 Å². The molecule has 2 aromatic heterocycles. The number of carbonyl (C=O) groups excluding carboxylic acids is 1. The third kappa shape index (κ3) is 1.64. The van der Waals surface area contributed by atoms with Crippen LogP contribution in [0.2, 0.25) is 0 Å². The molecule has 0 fully saturated rings. The van der Waals surface area contributed by atoms with Gasteiger partial charge in [0.05, 0.1) is 11.8 Å². The monoisotopic (exact) mass is 240 g/mol. The Balaban J connectivity index is 2.10. The van der Waals surface area contributed by atoms with Crippen LogP contribution in [0.25, 0.3) is 11.0 Å². The van der Waals surface area contributed by atoms with E-state index in [-0.39, 0.29) is 5.78 Å². The maximum atomic E-state index is 12.2. The first-order valence-electron chi connectivity index (χ1n) is 5.74. The predicted molar refractivity (Wildman–Crippen MR) is 67.8 cm³/mol. The molecular formula is C15H12O3. The molecule has 0 unspecified atom stereocenters. The van der Waals surface area contributed by atoms with Gasteiger partial charge in [-0.25, -0.2) is 0 Å². The Morgan fingerprint density at radius 1 is 1.11 bits per heavy atom. The smallest absolute Gasteiger partial charge is 0.231 e. The highest BCUT2D eigenvalue weighted by atomic mass is 16.3. The van der Waals surface area contributed by atoms with Crippen molar-refractivity contribution in [2.24, 2.45) is 0 Å². The zero-order chi connectivity index (χ0) is 12.7. The van der Waals surface area contributed by atoms with Crippen LogP contribution in [0.1, 0.15) is 27.4 Å². The van der Waals surface area contributed by atoms with E-state index in [0.29, 0.717) is 17.1 Å². The van der Waals surface area contributed by atoms with E-state index in [0.717, 1.165) is 16.5 Å². The third-order valence-corrected chi connectivity index (χ3v) is 3.00. The van der Waals surface area contributed by atoms with Crippen LogP contribution in [0.3, 0.4) is 0 Å². The van der Waals surface area contributed by atoms with Crippen molar-refractivity contribution < 1.29 is 13.6 Å². The van der Waals surface area contributed by atoms with Crippen molar-refractivity contribution in [2.45, 2.75) is 13.8 Å². The lowest BCUT2D eigenvalue weighted by Crippen LogP contribution is -1.99. The summed E-state index contributed by atoms with van der Waals surface area (Å²) in [6, 6.07) is 9.28. The average molecular weight is 240 g/mol. The summed E-state index contributed by atoms with van der Waals surface area (Å²) >= 11 is 0. The summed E-state index contributed by atoms with van der Waals surface area (Å²) in [5, 5.41) is 0.944. The van der Waals surface area contributed by atoms with Crippen LogP contribution >= 0.6 is 0 Å². The second-order valence-electron chi connectivity index (χ2n) is 4.37. The number of furan rings is 2. The second-order valence-corrected chi connectivity index (χ2v) is 4.37. The number of fused-ring (bicyclic) bond motifs is 1. The minimum Gasteiger partial charge on any atom is -0.469 e. The van der Waals surface area contributed by atoms with Gasteiger partial charge in [-0.1, -0.05) is 11.6 Å². The van der Waals surface area contributed by atoms with Crippen LogP contribution in [-0.2, 0) is 0 Å². The molecule has 3 aromatic rings. The number of hydrogen-bond donors (Lipinski definition) is 0. The highest BCUT2D eigenvalue weighted by Gasteiger charge is 2.18. The van der Waals surface area contributed by atoms with Crippen LogP contribution in [0, 0.1) is 13.8 Å². The summed E-state index contributed by atoms with van der Waals surface area (Å²) in [5.74, 6) is 0.812. The van der Waals surface area contributed by atoms with Crippen molar-refractivity contribution in [1.82, 2.24) is 0 Å². The standard InChI is InChI=1S/C15H12O3/c1-9-3-4-13-11(7-9)8-14(18-13)15(16)12-5-6-17-10(12)2/h3-8H,1-2H3. The van der Waals surface area contributed by atoms with Gasteiger partial charge in [0, 0.05) is 5.39 Å². The zero-order valence-electron chi connectivity index (χ0n) is 10.2. The van der Waals surface area contributed by atoms with Crippen molar-refractivity contribution in [1.29, 1.82) is 0 Å². The van der Waals surface area contributed by atoms with Crippen LogP contribution in [0.5, 0.6) is 0 Å². The number of ketones is 1. The molecule has 0 aliphatic carbocycles. The first-order valence-corrected chi connectivity index (χ1v) is 5.74. The van der Waals surface area contributed by atoms with Gasteiger partial charge in [-0.2, -0.15) is 0 Å². The fourth-order valence-electron chi connectivity index (χ4n) is 2.03. The highest BCUT2D eigenvalue weighted by Crippen LogP contribution is 2.23. The summed E-state index contributed by atoms with van der Waals surface area (Å²) in [6.07, 6.45) is 1.51. The van der Waals surface area contributed by atoms with Crippen molar-refractivity contribution >= 4 is 16.8 Å². The van der Waals surface area contributed by atoms with Crippen molar-refractivity contribution in [3.8, 4) is 0 Å². The molecule has 0 radical (unpaired) electrons. The second kappa shape index (κ2) is 3.88. The molecular weight excluding hydrogens is 228 g/mol. The maximum absolute atomic E-state index is 12.2. The van der Waals surface area contributed by atoms with Crippen LogP contribution in [0.15, 0.2) is 45.4 Å². The summed E-state index contributed by atoms with van der Waals surface area (Å²) in [5.41, 5.74) is 2.41. The Hall–Kier alpha value is -2.29. The molecule has 0 aliphatic rings. The molecule has 0 saturated heterocycles. The predicted octanol–water partition coefficient (Wildman–Crippen LogP) is 3.87. The number of benzene rings is 1. The van der Waals surface area contributed by atoms with Crippen molar-refractivity contribution in [2.75, 3.05) is 0 Å². The van der Waals surface area contributed by atoms with Gasteiger partial charge in [0.1, 0.15) is 11.3 Å². The van der Waals surface area contributed by atoms with Crippen LogP contribution < -0.4 is 0 Å².